The molecule has 37 heavy (non-hydrogen) atoms. The molecule has 10 atom stereocenters. The van der Waals surface area contributed by atoms with E-state index in [2.05, 4.69) is 12.2 Å². The summed E-state index contributed by atoms with van der Waals surface area (Å²) in [5.41, 5.74) is -0.267. The Bertz CT molecular complexity index is 923. The van der Waals surface area contributed by atoms with E-state index in [1.165, 1.54) is 26.0 Å². The highest BCUT2D eigenvalue weighted by Crippen LogP contribution is 2.45. The fourth-order valence-electron chi connectivity index (χ4n) is 4.94. The van der Waals surface area contributed by atoms with Gasteiger partial charge in [0, 0.05) is 13.0 Å². The van der Waals surface area contributed by atoms with Crippen LogP contribution in [-0.4, -0.2) is 87.9 Å². The molecule has 0 aromatic heterocycles. The number of allylic oxidation sites excluding steroid dienone is 2. The van der Waals surface area contributed by atoms with Crippen molar-refractivity contribution in [3.63, 3.8) is 0 Å². The first-order valence-corrected chi connectivity index (χ1v) is 12.8. The number of carbonyl (C=O) groups is 2. The van der Waals surface area contributed by atoms with Crippen molar-refractivity contribution in [2.24, 2.45) is 5.92 Å². The predicted molar refractivity (Wildman–Crippen MR) is 134 cm³/mol. The Labute approximate surface area is 218 Å². The summed E-state index contributed by atoms with van der Waals surface area (Å²) in [6.45, 7) is 10.5. The average molecular weight is 524 g/mol. The lowest BCUT2D eigenvalue weighted by molar-refractivity contribution is -0.321. The standard InChI is InChI=1S/C27H41NO9/c1-15(8-11-22-24(31)27(14-34-27)25(32)26(6,33)37-22)7-10-21-16(2)13-20(18(4)36-21)28-23(30)12-9-17(3)35-19(5)29/h7-9,11-12,16-18,20-22,24-25,31-33H,10,13-14H2,1-6H3,(H,28,30)/b11-8+,12-9-,15-7+. The van der Waals surface area contributed by atoms with E-state index < -0.39 is 41.8 Å². The van der Waals surface area contributed by atoms with Crippen molar-refractivity contribution in [2.75, 3.05) is 6.61 Å². The molecular formula is C27H41NO9. The molecule has 0 aromatic rings. The molecule has 0 aliphatic carbocycles. The van der Waals surface area contributed by atoms with Crippen LogP contribution in [0.3, 0.4) is 0 Å². The van der Waals surface area contributed by atoms with Crippen molar-refractivity contribution < 1.29 is 43.9 Å². The number of ether oxygens (including phenoxy) is 4. The molecular weight excluding hydrogens is 482 g/mol. The molecule has 10 nitrogen and oxygen atoms in total. The van der Waals surface area contributed by atoms with E-state index in [9.17, 15) is 24.9 Å². The van der Waals surface area contributed by atoms with Crippen molar-refractivity contribution in [3.05, 3.63) is 36.0 Å². The third-order valence-corrected chi connectivity index (χ3v) is 7.27. The second-order valence-corrected chi connectivity index (χ2v) is 10.7. The van der Waals surface area contributed by atoms with Crippen LogP contribution < -0.4 is 5.32 Å². The number of nitrogens with one attached hydrogen (secondary N) is 1. The molecule has 1 amide bonds. The Morgan fingerprint density at radius 2 is 1.89 bits per heavy atom. The van der Waals surface area contributed by atoms with Gasteiger partial charge in [-0.05, 0) is 52.5 Å². The molecule has 3 fully saturated rings. The van der Waals surface area contributed by atoms with Crippen LogP contribution in [0, 0.1) is 5.92 Å². The fraction of sp³-hybridized carbons (Fsp3) is 0.704. The van der Waals surface area contributed by atoms with Gasteiger partial charge in [-0.15, -0.1) is 0 Å². The zero-order valence-corrected chi connectivity index (χ0v) is 22.4. The van der Waals surface area contributed by atoms with Crippen LogP contribution >= 0.6 is 0 Å². The van der Waals surface area contributed by atoms with E-state index in [1.807, 2.05) is 19.9 Å². The van der Waals surface area contributed by atoms with Crippen LogP contribution in [0.4, 0.5) is 0 Å². The molecule has 208 valence electrons. The van der Waals surface area contributed by atoms with Crippen molar-refractivity contribution in [1.29, 1.82) is 0 Å². The summed E-state index contributed by atoms with van der Waals surface area (Å²) in [5.74, 6) is -2.29. The van der Waals surface area contributed by atoms with Gasteiger partial charge in [0.2, 0.25) is 5.91 Å². The van der Waals surface area contributed by atoms with Gasteiger partial charge in [-0.25, -0.2) is 0 Å². The molecule has 3 heterocycles. The Kier molecular flexibility index (Phi) is 9.36. The van der Waals surface area contributed by atoms with Gasteiger partial charge in [0.05, 0.1) is 24.9 Å². The van der Waals surface area contributed by atoms with Crippen molar-refractivity contribution in [3.8, 4) is 0 Å². The number of aliphatic hydroxyl groups is 3. The summed E-state index contributed by atoms with van der Waals surface area (Å²) >= 11 is 0. The topological polar surface area (TPSA) is 147 Å². The first-order valence-electron chi connectivity index (χ1n) is 12.8. The minimum atomic E-state index is -1.83. The minimum absolute atomic E-state index is 0.0263. The summed E-state index contributed by atoms with van der Waals surface area (Å²) in [5, 5.41) is 34.2. The number of esters is 1. The number of amides is 1. The van der Waals surface area contributed by atoms with Crippen LogP contribution in [0.2, 0.25) is 0 Å². The van der Waals surface area contributed by atoms with Gasteiger partial charge >= 0.3 is 5.97 Å². The molecule has 0 radical (unpaired) electrons. The maximum absolute atomic E-state index is 12.3. The van der Waals surface area contributed by atoms with E-state index in [0.717, 1.165) is 12.0 Å². The van der Waals surface area contributed by atoms with Crippen LogP contribution in [-0.2, 0) is 28.5 Å². The van der Waals surface area contributed by atoms with E-state index in [4.69, 9.17) is 18.9 Å². The first kappa shape index (κ1) is 29.5. The lowest BCUT2D eigenvalue weighted by Crippen LogP contribution is -2.65. The van der Waals surface area contributed by atoms with E-state index in [-0.39, 0.29) is 36.7 Å². The number of hydrogen-bond donors (Lipinski definition) is 4. The molecule has 3 aliphatic heterocycles. The second kappa shape index (κ2) is 11.8. The molecule has 4 N–H and O–H groups in total. The van der Waals surface area contributed by atoms with Gasteiger partial charge in [-0.2, -0.15) is 0 Å². The molecule has 1 spiro atoms. The quantitative estimate of drug-likeness (QED) is 0.160. The van der Waals surface area contributed by atoms with Crippen LogP contribution in [0.15, 0.2) is 36.0 Å². The van der Waals surface area contributed by atoms with Crippen LogP contribution in [0.5, 0.6) is 0 Å². The molecule has 3 aliphatic rings. The molecule has 0 bridgehead atoms. The lowest BCUT2D eigenvalue weighted by atomic mass is 9.84. The number of epoxide rings is 1. The van der Waals surface area contributed by atoms with Crippen molar-refractivity contribution in [1.82, 2.24) is 5.32 Å². The molecule has 10 heteroatoms. The number of hydrogen-bond acceptors (Lipinski definition) is 9. The molecule has 0 aromatic carbocycles. The normalized spacial score (nSPS) is 41.2. The van der Waals surface area contributed by atoms with Gasteiger partial charge in [0.25, 0.3) is 0 Å². The van der Waals surface area contributed by atoms with Gasteiger partial charge in [0.15, 0.2) is 11.4 Å². The smallest absolute Gasteiger partial charge is 0.303 e. The molecule has 3 saturated heterocycles. The van der Waals surface area contributed by atoms with Crippen LogP contribution in [0.25, 0.3) is 0 Å². The highest BCUT2D eigenvalue weighted by molar-refractivity contribution is 5.87. The third-order valence-electron chi connectivity index (χ3n) is 7.27. The van der Waals surface area contributed by atoms with Gasteiger partial charge in [0.1, 0.15) is 24.4 Å². The fourth-order valence-corrected chi connectivity index (χ4v) is 4.94. The predicted octanol–water partition coefficient (Wildman–Crippen LogP) is 1.28. The van der Waals surface area contributed by atoms with Crippen LogP contribution in [0.1, 0.15) is 54.4 Å². The van der Waals surface area contributed by atoms with E-state index in [1.54, 1.807) is 19.1 Å². The Hall–Kier alpha value is -2.08. The number of carbonyl (C=O) groups excluding carboxylic acids is 2. The number of rotatable bonds is 8. The van der Waals surface area contributed by atoms with E-state index >= 15 is 0 Å². The molecule has 10 unspecified atom stereocenters. The Morgan fingerprint density at radius 1 is 1.22 bits per heavy atom. The summed E-state index contributed by atoms with van der Waals surface area (Å²) < 4.78 is 22.0. The van der Waals surface area contributed by atoms with Gasteiger partial charge < -0.3 is 39.6 Å². The SMILES string of the molecule is CC(=O)OC(C)/C=C\C(=O)NC1CC(C)C(C/C=C(C)/C=C/C2OC(C)(O)C(O)C3(CO3)C2O)OC1C. The lowest BCUT2D eigenvalue weighted by Gasteiger charge is -2.44. The Balaban J connectivity index is 1.50. The van der Waals surface area contributed by atoms with Gasteiger partial charge in [-0.1, -0.05) is 30.7 Å². The third kappa shape index (κ3) is 7.28. The van der Waals surface area contributed by atoms with Crippen molar-refractivity contribution >= 4 is 11.9 Å². The highest BCUT2D eigenvalue weighted by Gasteiger charge is 2.68. The van der Waals surface area contributed by atoms with Crippen molar-refractivity contribution in [2.45, 2.75) is 108 Å². The highest BCUT2D eigenvalue weighted by atomic mass is 16.7. The second-order valence-electron chi connectivity index (χ2n) is 10.7. The number of aliphatic hydroxyl groups excluding tert-OH is 2. The minimum Gasteiger partial charge on any atom is -0.459 e. The maximum Gasteiger partial charge on any atom is 0.303 e. The monoisotopic (exact) mass is 523 g/mol. The summed E-state index contributed by atoms with van der Waals surface area (Å²) in [4.78, 5) is 23.3. The zero-order chi connectivity index (χ0) is 27.5. The first-order chi connectivity index (χ1) is 17.2. The Morgan fingerprint density at radius 3 is 2.51 bits per heavy atom. The van der Waals surface area contributed by atoms with E-state index in [0.29, 0.717) is 6.42 Å². The molecule has 3 rings (SSSR count). The van der Waals surface area contributed by atoms with Gasteiger partial charge in [-0.3, -0.25) is 9.59 Å². The summed E-state index contributed by atoms with van der Waals surface area (Å²) in [6.07, 6.45) is 5.90. The summed E-state index contributed by atoms with van der Waals surface area (Å²) in [6, 6.07) is -0.137. The molecule has 0 saturated carbocycles. The summed E-state index contributed by atoms with van der Waals surface area (Å²) in [7, 11) is 0. The zero-order valence-electron chi connectivity index (χ0n) is 22.4. The largest absolute Gasteiger partial charge is 0.459 e. The average Bonchev–Trinajstić information content (AvgIpc) is 3.61. The maximum atomic E-state index is 12.3.